The van der Waals surface area contributed by atoms with Gasteiger partial charge in [-0.2, -0.15) is 0 Å². The summed E-state index contributed by atoms with van der Waals surface area (Å²) in [6, 6.07) is 4.69. The SMILES string of the molecule is CCC(C)Sc1ccc(N)cc1C(F)F. The van der Waals surface area contributed by atoms with Crippen molar-refractivity contribution in [3.63, 3.8) is 0 Å². The van der Waals surface area contributed by atoms with Gasteiger partial charge in [-0.25, -0.2) is 8.78 Å². The van der Waals surface area contributed by atoms with Gasteiger partial charge in [0.2, 0.25) is 0 Å². The molecule has 15 heavy (non-hydrogen) atoms. The molecule has 0 spiro atoms. The van der Waals surface area contributed by atoms with Gasteiger partial charge in [0.25, 0.3) is 6.43 Å². The normalized spacial score (nSPS) is 13.1. The largest absolute Gasteiger partial charge is 0.399 e. The van der Waals surface area contributed by atoms with Crippen molar-refractivity contribution >= 4 is 17.4 Å². The van der Waals surface area contributed by atoms with Crippen molar-refractivity contribution in [1.82, 2.24) is 0 Å². The zero-order valence-corrected chi connectivity index (χ0v) is 9.65. The smallest absolute Gasteiger partial charge is 0.265 e. The minimum atomic E-state index is -2.46. The summed E-state index contributed by atoms with van der Waals surface area (Å²) in [5, 5.41) is 0.339. The van der Waals surface area contributed by atoms with Crippen LogP contribution in [0.1, 0.15) is 32.3 Å². The van der Waals surface area contributed by atoms with E-state index in [9.17, 15) is 8.78 Å². The fourth-order valence-corrected chi connectivity index (χ4v) is 2.18. The van der Waals surface area contributed by atoms with Gasteiger partial charge in [0.1, 0.15) is 0 Å². The number of halogens is 2. The second-order valence-corrected chi connectivity index (χ2v) is 4.91. The number of benzene rings is 1. The van der Waals surface area contributed by atoms with Crippen molar-refractivity contribution < 1.29 is 8.78 Å². The van der Waals surface area contributed by atoms with Gasteiger partial charge in [0.15, 0.2) is 0 Å². The van der Waals surface area contributed by atoms with Gasteiger partial charge in [-0.05, 0) is 24.6 Å². The van der Waals surface area contributed by atoms with Crippen LogP contribution in [0.4, 0.5) is 14.5 Å². The third kappa shape index (κ3) is 3.38. The highest BCUT2D eigenvalue weighted by Gasteiger charge is 2.15. The first kappa shape index (κ1) is 12.3. The first-order chi connectivity index (χ1) is 7.04. The second kappa shape index (κ2) is 5.35. The van der Waals surface area contributed by atoms with Gasteiger partial charge >= 0.3 is 0 Å². The molecule has 1 atom stereocenters. The van der Waals surface area contributed by atoms with Crippen molar-refractivity contribution in [3.8, 4) is 0 Å². The van der Waals surface area contributed by atoms with E-state index in [1.54, 1.807) is 12.1 Å². The maximum absolute atomic E-state index is 12.7. The lowest BCUT2D eigenvalue weighted by Crippen LogP contribution is -1.97. The van der Waals surface area contributed by atoms with E-state index in [-0.39, 0.29) is 5.56 Å². The topological polar surface area (TPSA) is 26.0 Å². The Morgan fingerprint density at radius 3 is 2.60 bits per heavy atom. The highest BCUT2D eigenvalue weighted by atomic mass is 32.2. The Bertz CT molecular complexity index is 328. The molecule has 0 amide bonds. The van der Waals surface area contributed by atoms with Crippen LogP contribution in [-0.2, 0) is 0 Å². The average Bonchev–Trinajstić information content (AvgIpc) is 2.20. The Morgan fingerprint density at radius 1 is 1.40 bits per heavy atom. The third-order valence-electron chi connectivity index (χ3n) is 2.17. The summed E-state index contributed by atoms with van der Waals surface area (Å²) in [5.74, 6) is 0. The van der Waals surface area contributed by atoms with E-state index in [0.29, 0.717) is 15.8 Å². The van der Waals surface area contributed by atoms with E-state index in [0.717, 1.165) is 6.42 Å². The summed E-state index contributed by atoms with van der Waals surface area (Å²) in [4.78, 5) is 0.633. The molecule has 0 fully saturated rings. The quantitative estimate of drug-likeness (QED) is 0.623. The van der Waals surface area contributed by atoms with E-state index >= 15 is 0 Å². The Hall–Kier alpha value is -0.770. The second-order valence-electron chi connectivity index (χ2n) is 3.43. The predicted octanol–water partition coefficient (Wildman–Crippen LogP) is 4.10. The van der Waals surface area contributed by atoms with Crippen LogP contribution in [0.25, 0.3) is 0 Å². The first-order valence-electron chi connectivity index (χ1n) is 4.88. The van der Waals surface area contributed by atoms with Crippen LogP contribution < -0.4 is 5.73 Å². The first-order valence-corrected chi connectivity index (χ1v) is 5.76. The summed E-state index contributed by atoms with van der Waals surface area (Å²) >= 11 is 1.47. The van der Waals surface area contributed by atoms with Crippen molar-refractivity contribution in [3.05, 3.63) is 23.8 Å². The molecule has 0 bridgehead atoms. The van der Waals surface area contributed by atoms with E-state index in [1.807, 2.05) is 13.8 Å². The van der Waals surface area contributed by atoms with Gasteiger partial charge in [0.05, 0.1) is 0 Å². The number of nitrogen functional groups attached to an aromatic ring is 1. The minimum absolute atomic E-state index is 0.0419. The molecule has 2 N–H and O–H groups in total. The predicted molar refractivity (Wildman–Crippen MR) is 61.4 cm³/mol. The van der Waals surface area contributed by atoms with Crippen molar-refractivity contribution in [2.24, 2.45) is 0 Å². The third-order valence-corrected chi connectivity index (χ3v) is 3.53. The van der Waals surface area contributed by atoms with Gasteiger partial charge in [-0.15, -0.1) is 11.8 Å². The van der Waals surface area contributed by atoms with Crippen LogP contribution in [0.3, 0.4) is 0 Å². The number of hydrogen-bond acceptors (Lipinski definition) is 2. The zero-order chi connectivity index (χ0) is 11.4. The molecular weight excluding hydrogens is 216 g/mol. The molecule has 1 unspecified atom stereocenters. The summed E-state index contributed by atoms with van der Waals surface area (Å²) in [7, 11) is 0. The molecule has 0 radical (unpaired) electrons. The molecule has 0 aliphatic carbocycles. The molecule has 1 aromatic carbocycles. The lowest BCUT2D eigenvalue weighted by molar-refractivity contribution is 0.148. The fourth-order valence-electron chi connectivity index (χ4n) is 1.14. The maximum atomic E-state index is 12.7. The minimum Gasteiger partial charge on any atom is -0.399 e. The molecular formula is C11H15F2NS. The number of alkyl halides is 2. The Labute approximate surface area is 93.1 Å². The van der Waals surface area contributed by atoms with E-state index in [2.05, 4.69) is 0 Å². The Kier molecular flexibility index (Phi) is 4.39. The van der Waals surface area contributed by atoms with Crippen LogP contribution in [-0.4, -0.2) is 5.25 Å². The lowest BCUT2D eigenvalue weighted by Gasteiger charge is -2.13. The summed E-state index contributed by atoms with van der Waals surface area (Å²) in [5.41, 5.74) is 5.92. The number of nitrogens with two attached hydrogens (primary N) is 1. The summed E-state index contributed by atoms with van der Waals surface area (Å²) in [6.45, 7) is 4.06. The number of anilines is 1. The van der Waals surface area contributed by atoms with Crippen LogP contribution in [0.15, 0.2) is 23.1 Å². The Balaban J connectivity index is 2.95. The highest BCUT2D eigenvalue weighted by Crippen LogP contribution is 2.34. The maximum Gasteiger partial charge on any atom is 0.265 e. The van der Waals surface area contributed by atoms with Gasteiger partial charge < -0.3 is 5.73 Å². The summed E-state index contributed by atoms with van der Waals surface area (Å²) in [6.07, 6.45) is -1.50. The molecule has 1 rings (SSSR count). The van der Waals surface area contributed by atoms with E-state index in [1.165, 1.54) is 17.8 Å². The molecule has 0 saturated heterocycles. The van der Waals surface area contributed by atoms with Crippen molar-refractivity contribution in [2.45, 2.75) is 36.8 Å². The number of hydrogen-bond donors (Lipinski definition) is 1. The van der Waals surface area contributed by atoms with Crippen molar-refractivity contribution in [2.75, 3.05) is 5.73 Å². The van der Waals surface area contributed by atoms with Gasteiger partial charge in [0, 0.05) is 21.4 Å². The molecule has 0 saturated carbocycles. The molecule has 0 heterocycles. The zero-order valence-electron chi connectivity index (χ0n) is 8.84. The van der Waals surface area contributed by atoms with Crippen LogP contribution in [0.2, 0.25) is 0 Å². The van der Waals surface area contributed by atoms with Gasteiger partial charge in [-0.1, -0.05) is 13.8 Å². The average molecular weight is 231 g/mol. The molecule has 84 valence electrons. The molecule has 0 aliphatic heterocycles. The molecule has 1 aromatic rings. The lowest BCUT2D eigenvalue weighted by atomic mass is 10.2. The molecule has 0 aliphatic rings. The van der Waals surface area contributed by atoms with Crippen LogP contribution in [0, 0.1) is 0 Å². The molecule has 1 nitrogen and oxygen atoms in total. The molecule has 4 heteroatoms. The van der Waals surface area contributed by atoms with E-state index < -0.39 is 6.43 Å². The van der Waals surface area contributed by atoms with Crippen LogP contribution in [0.5, 0.6) is 0 Å². The highest BCUT2D eigenvalue weighted by molar-refractivity contribution is 8.00. The standard InChI is InChI=1S/C11H15F2NS/c1-3-7(2)15-10-5-4-8(14)6-9(10)11(12)13/h4-7,11H,3,14H2,1-2H3. The Morgan fingerprint density at radius 2 is 2.07 bits per heavy atom. The van der Waals surface area contributed by atoms with Crippen molar-refractivity contribution in [1.29, 1.82) is 0 Å². The monoisotopic (exact) mass is 231 g/mol. The van der Waals surface area contributed by atoms with E-state index in [4.69, 9.17) is 5.73 Å². The molecule has 0 aromatic heterocycles. The fraction of sp³-hybridized carbons (Fsp3) is 0.455. The van der Waals surface area contributed by atoms with Gasteiger partial charge in [-0.3, -0.25) is 0 Å². The van der Waals surface area contributed by atoms with Crippen LogP contribution >= 0.6 is 11.8 Å². The number of thioether (sulfide) groups is 1. The summed E-state index contributed by atoms with van der Waals surface area (Å²) < 4.78 is 25.4. The number of rotatable bonds is 4.